The maximum absolute atomic E-state index is 5.48. The van der Waals surface area contributed by atoms with Gasteiger partial charge in [0.25, 0.3) is 0 Å². The minimum absolute atomic E-state index is 0. The summed E-state index contributed by atoms with van der Waals surface area (Å²) >= 11 is 0. The molecule has 0 amide bonds. The van der Waals surface area contributed by atoms with Crippen LogP contribution >= 0.6 is 24.0 Å². The highest BCUT2D eigenvalue weighted by Gasteiger charge is 1.94. The molecule has 4 N–H and O–H groups in total. The third-order valence-corrected chi connectivity index (χ3v) is 2.17. The Hall–Kier alpha value is -1.02. The summed E-state index contributed by atoms with van der Waals surface area (Å²) in [5.74, 6) is 0.974. The minimum Gasteiger partial charge on any atom is -0.497 e. The zero-order valence-corrected chi connectivity index (χ0v) is 12.8. The van der Waals surface area contributed by atoms with Crippen molar-refractivity contribution in [3.63, 3.8) is 0 Å². The zero-order chi connectivity index (χ0) is 12.5. The molecule has 0 heterocycles. The van der Waals surface area contributed by atoms with Gasteiger partial charge in [-0.1, -0.05) is 12.1 Å². The monoisotopic (exact) mass is 365 g/mol. The van der Waals surface area contributed by atoms with Gasteiger partial charge in [0.05, 0.1) is 13.7 Å². The van der Waals surface area contributed by atoms with E-state index in [-0.39, 0.29) is 29.9 Å². The van der Waals surface area contributed by atoms with Crippen LogP contribution in [0.15, 0.2) is 29.3 Å². The first-order chi connectivity index (χ1) is 8.22. The molecule has 6 heteroatoms. The van der Waals surface area contributed by atoms with Crippen molar-refractivity contribution in [2.75, 3.05) is 20.3 Å². The van der Waals surface area contributed by atoms with Crippen LogP contribution in [0.1, 0.15) is 12.0 Å². The van der Waals surface area contributed by atoms with Crippen LogP contribution in [0.25, 0.3) is 0 Å². The summed E-state index contributed by atoms with van der Waals surface area (Å²) in [7, 11) is 1.65. The molecule has 0 saturated carbocycles. The van der Waals surface area contributed by atoms with Crippen LogP contribution in [0, 0.1) is 0 Å². The van der Waals surface area contributed by atoms with Gasteiger partial charge in [-0.3, -0.25) is 4.99 Å². The number of methoxy groups -OCH3 is 1. The molecular formula is C12H20IN3O2. The fourth-order valence-corrected chi connectivity index (χ4v) is 1.29. The van der Waals surface area contributed by atoms with E-state index in [0.29, 0.717) is 19.8 Å². The molecule has 0 fully saturated rings. The Balaban J connectivity index is 0.00000289. The number of guanidine groups is 1. The van der Waals surface area contributed by atoms with Gasteiger partial charge < -0.3 is 20.9 Å². The lowest BCUT2D eigenvalue weighted by atomic mass is 10.2. The molecule has 0 unspecified atom stereocenters. The number of halogens is 1. The van der Waals surface area contributed by atoms with Crippen molar-refractivity contribution in [1.82, 2.24) is 0 Å². The van der Waals surface area contributed by atoms with Gasteiger partial charge in [0, 0.05) is 13.2 Å². The number of hydrogen-bond acceptors (Lipinski definition) is 3. The van der Waals surface area contributed by atoms with Gasteiger partial charge in [0.2, 0.25) is 0 Å². The van der Waals surface area contributed by atoms with E-state index in [0.717, 1.165) is 17.7 Å². The van der Waals surface area contributed by atoms with Crippen LogP contribution in [0.5, 0.6) is 5.75 Å². The number of nitrogens with two attached hydrogens (primary N) is 2. The molecule has 102 valence electrons. The van der Waals surface area contributed by atoms with E-state index in [2.05, 4.69) is 4.99 Å². The molecule has 5 nitrogen and oxygen atoms in total. The Kier molecular flexibility index (Phi) is 9.39. The van der Waals surface area contributed by atoms with Crippen LogP contribution in [-0.4, -0.2) is 26.2 Å². The number of benzene rings is 1. The Morgan fingerprint density at radius 1 is 1.22 bits per heavy atom. The second-order valence-electron chi connectivity index (χ2n) is 3.56. The molecule has 0 aliphatic carbocycles. The van der Waals surface area contributed by atoms with Crippen LogP contribution in [-0.2, 0) is 11.3 Å². The maximum atomic E-state index is 5.48. The molecule has 0 aliphatic rings. The lowest BCUT2D eigenvalue weighted by Crippen LogP contribution is -2.23. The molecule has 18 heavy (non-hydrogen) atoms. The second kappa shape index (κ2) is 9.95. The van der Waals surface area contributed by atoms with Crippen molar-refractivity contribution in [2.24, 2.45) is 16.5 Å². The van der Waals surface area contributed by atoms with E-state index in [1.54, 1.807) is 7.11 Å². The first-order valence-corrected chi connectivity index (χ1v) is 5.48. The number of rotatable bonds is 7. The van der Waals surface area contributed by atoms with Gasteiger partial charge in [-0.2, -0.15) is 0 Å². The zero-order valence-electron chi connectivity index (χ0n) is 10.5. The molecule has 0 saturated heterocycles. The molecule has 0 radical (unpaired) electrons. The SMILES string of the molecule is COc1ccc(COCCCN=C(N)N)cc1.I. The molecule has 1 aromatic carbocycles. The van der Waals surface area contributed by atoms with Gasteiger partial charge in [0.15, 0.2) is 5.96 Å². The predicted octanol–water partition coefficient (Wildman–Crippen LogP) is 1.49. The minimum atomic E-state index is 0. The molecule has 1 aromatic rings. The van der Waals surface area contributed by atoms with Crippen LogP contribution in [0.2, 0.25) is 0 Å². The van der Waals surface area contributed by atoms with Gasteiger partial charge >= 0.3 is 0 Å². The first-order valence-electron chi connectivity index (χ1n) is 5.48. The number of ether oxygens (including phenoxy) is 2. The molecular weight excluding hydrogens is 345 g/mol. The van der Waals surface area contributed by atoms with Crippen molar-refractivity contribution >= 4 is 29.9 Å². The molecule has 0 bridgehead atoms. The molecule has 0 aromatic heterocycles. The summed E-state index contributed by atoms with van der Waals surface area (Å²) in [5.41, 5.74) is 11.5. The normalized spacial score (nSPS) is 9.39. The van der Waals surface area contributed by atoms with Gasteiger partial charge in [-0.15, -0.1) is 24.0 Å². The van der Waals surface area contributed by atoms with Crippen molar-refractivity contribution in [3.8, 4) is 5.75 Å². The van der Waals surface area contributed by atoms with Crippen LogP contribution in [0.3, 0.4) is 0 Å². The molecule has 0 atom stereocenters. The fraction of sp³-hybridized carbons (Fsp3) is 0.417. The first kappa shape index (κ1) is 17.0. The van der Waals surface area contributed by atoms with Gasteiger partial charge in [-0.25, -0.2) is 0 Å². The Labute approximate surface area is 125 Å². The van der Waals surface area contributed by atoms with Crippen molar-refractivity contribution < 1.29 is 9.47 Å². The van der Waals surface area contributed by atoms with E-state index in [4.69, 9.17) is 20.9 Å². The second-order valence-corrected chi connectivity index (χ2v) is 3.56. The van der Waals surface area contributed by atoms with E-state index in [1.807, 2.05) is 24.3 Å². The molecule has 0 spiro atoms. The lowest BCUT2D eigenvalue weighted by Gasteiger charge is -2.04. The third-order valence-electron chi connectivity index (χ3n) is 2.17. The third kappa shape index (κ3) is 7.33. The quantitative estimate of drug-likeness (QED) is 0.332. The van der Waals surface area contributed by atoms with E-state index in [9.17, 15) is 0 Å². The molecule has 1 rings (SSSR count). The van der Waals surface area contributed by atoms with Gasteiger partial charge in [-0.05, 0) is 24.1 Å². The summed E-state index contributed by atoms with van der Waals surface area (Å²) in [6.07, 6.45) is 0.814. The van der Waals surface area contributed by atoms with Crippen LogP contribution in [0.4, 0.5) is 0 Å². The largest absolute Gasteiger partial charge is 0.497 e. The summed E-state index contributed by atoms with van der Waals surface area (Å²) in [6.45, 7) is 1.83. The average Bonchev–Trinajstić information content (AvgIpc) is 2.34. The summed E-state index contributed by atoms with van der Waals surface area (Å²) < 4.78 is 10.6. The van der Waals surface area contributed by atoms with Gasteiger partial charge in [0.1, 0.15) is 5.75 Å². The maximum Gasteiger partial charge on any atom is 0.185 e. The Morgan fingerprint density at radius 2 is 1.89 bits per heavy atom. The highest BCUT2D eigenvalue weighted by Crippen LogP contribution is 2.11. The summed E-state index contributed by atoms with van der Waals surface area (Å²) in [6, 6.07) is 7.79. The Morgan fingerprint density at radius 3 is 2.44 bits per heavy atom. The van der Waals surface area contributed by atoms with Crippen molar-refractivity contribution in [3.05, 3.63) is 29.8 Å². The van der Waals surface area contributed by atoms with E-state index < -0.39 is 0 Å². The van der Waals surface area contributed by atoms with Crippen molar-refractivity contribution in [2.45, 2.75) is 13.0 Å². The summed E-state index contributed by atoms with van der Waals surface area (Å²) in [4.78, 5) is 3.87. The number of hydrogen-bond donors (Lipinski definition) is 2. The number of aliphatic imine (C=N–C) groups is 1. The van der Waals surface area contributed by atoms with E-state index >= 15 is 0 Å². The average molecular weight is 365 g/mol. The highest BCUT2D eigenvalue weighted by atomic mass is 127. The standard InChI is InChI=1S/C12H19N3O2.HI/c1-16-11-5-3-10(4-6-11)9-17-8-2-7-15-12(13)14;/h3-6H,2,7-9H2,1H3,(H4,13,14,15);1H. The van der Waals surface area contributed by atoms with E-state index in [1.165, 1.54) is 0 Å². The topological polar surface area (TPSA) is 82.9 Å². The fourth-order valence-electron chi connectivity index (χ4n) is 1.29. The summed E-state index contributed by atoms with van der Waals surface area (Å²) in [5, 5.41) is 0. The van der Waals surface area contributed by atoms with Crippen molar-refractivity contribution in [1.29, 1.82) is 0 Å². The highest BCUT2D eigenvalue weighted by molar-refractivity contribution is 14.0. The lowest BCUT2D eigenvalue weighted by molar-refractivity contribution is 0.120. The number of nitrogens with zero attached hydrogens (tertiary/aromatic N) is 1. The molecule has 0 aliphatic heterocycles. The van der Waals surface area contributed by atoms with Crippen LogP contribution < -0.4 is 16.2 Å². The predicted molar refractivity (Wildman–Crippen MR) is 83.4 cm³/mol. The Bertz CT molecular complexity index is 351. The smallest absolute Gasteiger partial charge is 0.185 e.